The Bertz CT molecular complexity index is 477. The molecule has 1 aromatic heterocycles. The Morgan fingerprint density at radius 3 is 2.95 bits per heavy atom. The highest BCUT2D eigenvalue weighted by molar-refractivity contribution is 7.16. The number of amides is 1. The number of carbonyl (C=O) groups excluding carboxylic acids is 1. The van der Waals surface area contributed by atoms with Gasteiger partial charge in [-0.1, -0.05) is 6.92 Å². The van der Waals surface area contributed by atoms with Crippen molar-refractivity contribution in [1.29, 1.82) is 0 Å². The molecule has 2 N–H and O–H groups in total. The lowest BCUT2D eigenvalue weighted by Crippen LogP contribution is -2.30. The summed E-state index contributed by atoms with van der Waals surface area (Å²) in [5.41, 5.74) is 0.173. The van der Waals surface area contributed by atoms with Crippen LogP contribution in [-0.4, -0.2) is 30.2 Å². The fraction of sp³-hybridized carbons (Fsp3) is 0.538. The number of hydrogen-bond acceptors (Lipinski definition) is 4. The molecule has 0 bridgehead atoms. The standard InChI is InChI=1S/C13H17NO4S/c1-2-9-6-10(13(16)17)12(19-9)14-11(15)8-4-3-5-18-7-8/h6,8H,2-5,7H2,1H3,(H,14,15)(H,16,17). The van der Waals surface area contributed by atoms with E-state index in [0.29, 0.717) is 18.2 Å². The Hall–Kier alpha value is -1.40. The molecule has 2 heterocycles. The predicted molar refractivity (Wildman–Crippen MR) is 72.8 cm³/mol. The van der Waals surface area contributed by atoms with E-state index in [4.69, 9.17) is 9.84 Å². The number of anilines is 1. The molecule has 1 fully saturated rings. The van der Waals surface area contributed by atoms with Gasteiger partial charge in [0.05, 0.1) is 18.1 Å². The fourth-order valence-electron chi connectivity index (χ4n) is 2.03. The lowest BCUT2D eigenvalue weighted by molar-refractivity contribution is -0.123. The molecule has 1 amide bonds. The monoisotopic (exact) mass is 283 g/mol. The van der Waals surface area contributed by atoms with Gasteiger partial charge in [-0.25, -0.2) is 4.79 Å². The molecule has 1 aliphatic rings. The summed E-state index contributed by atoms with van der Waals surface area (Å²) in [6.45, 7) is 3.07. The van der Waals surface area contributed by atoms with Crippen molar-refractivity contribution in [2.75, 3.05) is 18.5 Å². The van der Waals surface area contributed by atoms with Crippen molar-refractivity contribution in [3.05, 3.63) is 16.5 Å². The molecule has 1 unspecified atom stereocenters. The Balaban J connectivity index is 2.10. The van der Waals surface area contributed by atoms with E-state index in [9.17, 15) is 9.59 Å². The van der Waals surface area contributed by atoms with Crippen LogP contribution in [0.25, 0.3) is 0 Å². The van der Waals surface area contributed by atoms with Gasteiger partial charge in [-0.3, -0.25) is 4.79 Å². The molecule has 0 spiro atoms. The molecule has 2 rings (SSSR count). The largest absolute Gasteiger partial charge is 0.478 e. The Morgan fingerprint density at radius 1 is 1.58 bits per heavy atom. The van der Waals surface area contributed by atoms with Gasteiger partial charge in [0.25, 0.3) is 0 Å². The average Bonchev–Trinajstić information content (AvgIpc) is 2.83. The number of thiophene rings is 1. The molecule has 0 aliphatic carbocycles. The first-order valence-corrected chi connectivity index (χ1v) is 7.18. The van der Waals surface area contributed by atoms with E-state index < -0.39 is 5.97 Å². The third-order valence-electron chi connectivity index (χ3n) is 3.13. The summed E-state index contributed by atoms with van der Waals surface area (Å²) in [6, 6.07) is 1.62. The molecule has 1 atom stereocenters. The zero-order valence-corrected chi connectivity index (χ0v) is 11.6. The van der Waals surface area contributed by atoms with E-state index >= 15 is 0 Å². The minimum atomic E-state index is -1.01. The summed E-state index contributed by atoms with van der Waals surface area (Å²) in [5, 5.41) is 12.3. The van der Waals surface area contributed by atoms with Gasteiger partial charge in [0.1, 0.15) is 5.00 Å². The van der Waals surface area contributed by atoms with Crippen molar-refractivity contribution in [1.82, 2.24) is 0 Å². The summed E-state index contributed by atoms with van der Waals surface area (Å²) in [4.78, 5) is 24.2. The second kappa shape index (κ2) is 6.16. The first kappa shape index (κ1) is 14.0. The lowest BCUT2D eigenvalue weighted by atomic mass is 10.0. The van der Waals surface area contributed by atoms with Gasteiger partial charge in [0.15, 0.2) is 0 Å². The quantitative estimate of drug-likeness (QED) is 0.889. The van der Waals surface area contributed by atoms with Crippen LogP contribution in [0.4, 0.5) is 5.00 Å². The van der Waals surface area contributed by atoms with Crippen LogP contribution in [0, 0.1) is 5.92 Å². The van der Waals surface area contributed by atoms with E-state index in [2.05, 4.69) is 5.32 Å². The third-order valence-corrected chi connectivity index (χ3v) is 4.32. The molecular weight excluding hydrogens is 266 g/mol. The van der Waals surface area contributed by atoms with Gasteiger partial charge < -0.3 is 15.2 Å². The summed E-state index contributed by atoms with van der Waals surface area (Å²) in [7, 11) is 0. The second-order valence-corrected chi connectivity index (χ2v) is 5.65. The third kappa shape index (κ3) is 3.33. The number of hydrogen-bond donors (Lipinski definition) is 2. The molecule has 0 aromatic carbocycles. The number of ether oxygens (including phenoxy) is 1. The summed E-state index contributed by atoms with van der Waals surface area (Å²) < 4.78 is 5.27. The number of aromatic carboxylic acids is 1. The van der Waals surface area contributed by atoms with Gasteiger partial charge in [-0.2, -0.15) is 0 Å². The predicted octanol–water partition coefficient (Wildman–Crippen LogP) is 2.37. The maximum Gasteiger partial charge on any atom is 0.338 e. The van der Waals surface area contributed by atoms with Crippen molar-refractivity contribution in [2.45, 2.75) is 26.2 Å². The molecule has 1 aliphatic heterocycles. The molecule has 1 aromatic rings. The maximum atomic E-state index is 12.1. The van der Waals surface area contributed by atoms with Crippen LogP contribution in [-0.2, 0) is 16.0 Å². The molecular formula is C13H17NO4S. The Labute approximate surface area is 115 Å². The fourth-order valence-corrected chi connectivity index (χ4v) is 3.02. The summed E-state index contributed by atoms with van der Waals surface area (Å²) in [5.74, 6) is -1.33. The van der Waals surface area contributed by atoms with Gasteiger partial charge in [-0.05, 0) is 25.3 Å². The highest BCUT2D eigenvalue weighted by atomic mass is 32.1. The van der Waals surface area contributed by atoms with Crippen molar-refractivity contribution in [3.8, 4) is 0 Å². The van der Waals surface area contributed by atoms with E-state index in [1.807, 2.05) is 6.92 Å². The molecule has 0 saturated carbocycles. The molecule has 0 radical (unpaired) electrons. The molecule has 5 nitrogen and oxygen atoms in total. The van der Waals surface area contributed by atoms with Crippen LogP contribution in [0.15, 0.2) is 6.07 Å². The van der Waals surface area contributed by atoms with Crippen molar-refractivity contribution < 1.29 is 19.4 Å². The second-order valence-electron chi connectivity index (χ2n) is 4.52. The van der Waals surface area contributed by atoms with Crippen LogP contribution in [0.2, 0.25) is 0 Å². The number of aryl methyl sites for hydroxylation is 1. The van der Waals surface area contributed by atoms with E-state index in [0.717, 1.165) is 24.1 Å². The van der Waals surface area contributed by atoms with Crippen molar-refractivity contribution >= 4 is 28.2 Å². The normalized spacial score (nSPS) is 19.1. The van der Waals surface area contributed by atoms with Crippen molar-refractivity contribution in [3.63, 3.8) is 0 Å². The van der Waals surface area contributed by atoms with Gasteiger partial charge in [0.2, 0.25) is 5.91 Å². The lowest BCUT2D eigenvalue weighted by Gasteiger charge is -2.20. The van der Waals surface area contributed by atoms with Crippen LogP contribution >= 0.6 is 11.3 Å². The zero-order chi connectivity index (χ0) is 13.8. The van der Waals surface area contributed by atoms with Crippen LogP contribution < -0.4 is 5.32 Å². The molecule has 6 heteroatoms. The van der Waals surface area contributed by atoms with Gasteiger partial charge in [-0.15, -0.1) is 11.3 Å². The molecule has 104 valence electrons. The average molecular weight is 283 g/mol. The van der Waals surface area contributed by atoms with Crippen LogP contribution in [0.1, 0.15) is 35.0 Å². The smallest absolute Gasteiger partial charge is 0.338 e. The number of rotatable bonds is 4. The SMILES string of the molecule is CCc1cc(C(=O)O)c(NC(=O)C2CCCOC2)s1. The molecule has 1 saturated heterocycles. The van der Waals surface area contributed by atoms with Gasteiger partial charge >= 0.3 is 5.97 Å². The number of nitrogens with one attached hydrogen (secondary N) is 1. The highest BCUT2D eigenvalue weighted by Gasteiger charge is 2.24. The number of carboxylic acids is 1. The molecule has 19 heavy (non-hydrogen) atoms. The Morgan fingerprint density at radius 2 is 2.37 bits per heavy atom. The minimum Gasteiger partial charge on any atom is -0.478 e. The van der Waals surface area contributed by atoms with Crippen LogP contribution in [0.5, 0.6) is 0 Å². The van der Waals surface area contributed by atoms with Crippen molar-refractivity contribution in [2.24, 2.45) is 5.92 Å². The topological polar surface area (TPSA) is 75.6 Å². The maximum absolute atomic E-state index is 12.1. The first-order valence-electron chi connectivity index (χ1n) is 6.36. The highest BCUT2D eigenvalue weighted by Crippen LogP contribution is 2.29. The van der Waals surface area contributed by atoms with Gasteiger partial charge in [0, 0.05) is 11.5 Å². The summed E-state index contributed by atoms with van der Waals surface area (Å²) in [6.07, 6.45) is 2.42. The van der Waals surface area contributed by atoms with E-state index in [-0.39, 0.29) is 17.4 Å². The first-order chi connectivity index (χ1) is 9.11. The van der Waals surface area contributed by atoms with E-state index in [1.54, 1.807) is 6.07 Å². The van der Waals surface area contributed by atoms with E-state index in [1.165, 1.54) is 11.3 Å². The number of carboxylic acid groups (broad SMARTS) is 1. The Kier molecular flexibility index (Phi) is 4.55. The number of carbonyl (C=O) groups is 2. The zero-order valence-electron chi connectivity index (χ0n) is 10.8. The summed E-state index contributed by atoms with van der Waals surface area (Å²) >= 11 is 1.33. The van der Waals surface area contributed by atoms with Crippen LogP contribution in [0.3, 0.4) is 0 Å². The minimum absolute atomic E-state index is 0.147.